The van der Waals surface area contributed by atoms with Gasteiger partial charge in [-0.15, -0.1) is 0 Å². The Bertz CT molecular complexity index is 465. The van der Waals surface area contributed by atoms with Crippen LogP contribution in [0.15, 0.2) is 37.1 Å². The average Bonchev–Trinajstić information content (AvgIpc) is 2.66. The highest BCUT2D eigenvalue weighted by Gasteiger charge is 2.07. The van der Waals surface area contributed by atoms with Crippen LogP contribution in [0.5, 0.6) is 0 Å². The highest BCUT2D eigenvalue weighted by atomic mass is 16.4. The quantitative estimate of drug-likeness (QED) is 0.808. The summed E-state index contributed by atoms with van der Waals surface area (Å²) in [6, 6.07) is 3.66. The molecule has 0 aliphatic rings. The number of aliphatic carboxylic acids is 1. The summed E-state index contributed by atoms with van der Waals surface area (Å²) in [4.78, 5) is 18.5. The van der Waals surface area contributed by atoms with Crippen molar-refractivity contribution in [2.75, 3.05) is 0 Å². The van der Waals surface area contributed by atoms with Gasteiger partial charge in [0, 0.05) is 18.0 Å². The number of imidazole rings is 1. The number of carbonyl (C=O) groups is 1. The van der Waals surface area contributed by atoms with Crippen LogP contribution in [0.1, 0.15) is 0 Å². The number of hydrogen-bond acceptors (Lipinski definition) is 3. The van der Waals surface area contributed by atoms with E-state index in [0.29, 0.717) is 0 Å². The summed E-state index contributed by atoms with van der Waals surface area (Å²) in [5, 5.41) is 8.69. The molecular weight excluding hydrogens is 194 g/mol. The first-order valence-electron chi connectivity index (χ1n) is 4.39. The first-order valence-corrected chi connectivity index (χ1v) is 4.39. The molecule has 0 aliphatic heterocycles. The summed E-state index contributed by atoms with van der Waals surface area (Å²) in [6.07, 6.45) is 6.47. The van der Waals surface area contributed by atoms with Crippen LogP contribution in [0, 0.1) is 0 Å². The summed E-state index contributed by atoms with van der Waals surface area (Å²) in [6.45, 7) is -0.0930. The minimum absolute atomic E-state index is 0.0930. The molecular formula is C10H9N3O2. The van der Waals surface area contributed by atoms with Gasteiger partial charge in [0.2, 0.25) is 0 Å². The van der Waals surface area contributed by atoms with Gasteiger partial charge in [0.15, 0.2) is 0 Å². The Morgan fingerprint density at radius 2 is 2.27 bits per heavy atom. The van der Waals surface area contributed by atoms with Gasteiger partial charge in [-0.2, -0.15) is 0 Å². The summed E-state index contributed by atoms with van der Waals surface area (Å²) in [7, 11) is 0. The number of carboxylic acid groups (broad SMARTS) is 1. The molecule has 76 valence electrons. The first kappa shape index (κ1) is 9.39. The predicted molar refractivity (Wildman–Crippen MR) is 53.1 cm³/mol. The third-order valence-corrected chi connectivity index (χ3v) is 1.98. The van der Waals surface area contributed by atoms with Gasteiger partial charge in [-0.1, -0.05) is 0 Å². The Morgan fingerprint density at radius 3 is 2.93 bits per heavy atom. The molecule has 0 bridgehead atoms. The van der Waals surface area contributed by atoms with Crippen LogP contribution >= 0.6 is 0 Å². The first-order chi connectivity index (χ1) is 7.27. The minimum Gasteiger partial charge on any atom is -0.480 e. The average molecular weight is 203 g/mol. The van der Waals surface area contributed by atoms with E-state index < -0.39 is 5.97 Å². The molecule has 2 rings (SSSR count). The van der Waals surface area contributed by atoms with Gasteiger partial charge in [-0.05, 0) is 12.1 Å². The lowest BCUT2D eigenvalue weighted by Gasteiger charge is -2.04. The van der Waals surface area contributed by atoms with Crippen molar-refractivity contribution in [2.45, 2.75) is 6.54 Å². The van der Waals surface area contributed by atoms with Gasteiger partial charge in [-0.25, -0.2) is 4.98 Å². The smallest absolute Gasteiger partial charge is 0.323 e. The maximum atomic E-state index is 10.6. The van der Waals surface area contributed by atoms with Gasteiger partial charge in [-0.3, -0.25) is 9.78 Å². The second kappa shape index (κ2) is 3.91. The van der Waals surface area contributed by atoms with Crippen molar-refractivity contribution in [1.82, 2.24) is 14.5 Å². The number of hydrogen-bond donors (Lipinski definition) is 1. The van der Waals surface area contributed by atoms with Gasteiger partial charge in [0.05, 0.1) is 18.2 Å². The van der Waals surface area contributed by atoms with Crippen LogP contribution in [-0.4, -0.2) is 25.6 Å². The standard InChI is InChI=1S/C10H9N3O2/c14-10(15)6-13-7-12-5-9(13)8-2-1-3-11-4-8/h1-5,7H,6H2,(H,14,15). The van der Waals surface area contributed by atoms with E-state index in [9.17, 15) is 4.79 Å². The van der Waals surface area contributed by atoms with E-state index in [2.05, 4.69) is 9.97 Å². The van der Waals surface area contributed by atoms with E-state index in [1.807, 2.05) is 6.07 Å². The van der Waals surface area contributed by atoms with Crippen molar-refractivity contribution in [2.24, 2.45) is 0 Å². The Kier molecular flexibility index (Phi) is 2.45. The summed E-state index contributed by atoms with van der Waals surface area (Å²) < 4.78 is 1.57. The third-order valence-electron chi connectivity index (χ3n) is 1.98. The normalized spacial score (nSPS) is 10.1. The van der Waals surface area contributed by atoms with E-state index in [0.717, 1.165) is 11.3 Å². The lowest BCUT2D eigenvalue weighted by Crippen LogP contribution is -2.08. The highest BCUT2D eigenvalue weighted by molar-refractivity contribution is 5.68. The second-order valence-corrected chi connectivity index (χ2v) is 3.04. The SMILES string of the molecule is O=C(O)Cn1cncc1-c1cccnc1. The molecule has 2 aromatic heterocycles. The lowest BCUT2D eigenvalue weighted by molar-refractivity contribution is -0.137. The Balaban J connectivity index is 2.37. The molecule has 0 aromatic carbocycles. The fraction of sp³-hybridized carbons (Fsp3) is 0.100. The van der Waals surface area contributed by atoms with Crippen molar-refractivity contribution in [3.8, 4) is 11.3 Å². The van der Waals surface area contributed by atoms with E-state index >= 15 is 0 Å². The van der Waals surface area contributed by atoms with Crippen molar-refractivity contribution in [1.29, 1.82) is 0 Å². The lowest BCUT2D eigenvalue weighted by atomic mass is 10.2. The fourth-order valence-electron chi connectivity index (χ4n) is 1.35. The number of rotatable bonds is 3. The fourth-order valence-corrected chi connectivity index (χ4v) is 1.35. The Labute approximate surface area is 86.0 Å². The van der Waals surface area contributed by atoms with E-state index in [-0.39, 0.29) is 6.54 Å². The third kappa shape index (κ3) is 2.01. The highest BCUT2D eigenvalue weighted by Crippen LogP contribution is 2.16. The van der Waals surface area contributed by atoms with Crippen LogP contribution < -0.4 is 0 Å². The molecule has 0 amide bonds. The topological polar surface area (TPSA) is 68.0 Å². The number of carboxylic acids is 1. The maximum absolute atomic E-state index is 10.6. The molecule has 0 spiro atoms. The van der Waals surface area contributed by atoms with Crippen LogP contribution in [0.2, 0.25) is 0 Å². The Hall–Kier alpha value is -2.17. The van der Waals surface area contributed by atoms with Crippen LogP contribution in [0.3, 0.4) is 0 Å². The van der Waals surface area contributed by atoms with Crippen molar-refractivity contribution in [3.63, 3.8) is 0 Å². The van der Waals surface area contributed by atoms with Gasteiger partial charge in [0.1, 0.15) is 6.54 Å². The molecule has 5 nitrogen and oxygen atoms in total. The van der Waals surface area contributed by atoms with Crippen molar-refractivity contribution in [3.05, 3.63) is 37.1 Å². The molecule has 0 fully saturated rings. The number of nitrogens with zero attached hydrogens (tertiary/aromatic N) is 3. The Morgan fingerprint density at radius 1 is 1.40 bits per heavy atom. The number of aromatic nitrogens is 3. The monoisotopic (exact) mass is 203 g/mol. The predicted octanol–water partition coefficient (Wildman–Crippen LogP) is 1.03. The molecule has 5 heteroatoms. The summed E-state index contributed by atoms with van der Waals surface area (Å²) in [5.41, 5.74) is 1.61. The molecule has 2 heterocycles. The van der Waals surface area contributed by atoms with Gasteiger partial charge >= 0.3 is 5.97 Å². The summed E-state index contributed by atoms with van der Waals surface area (Å²) >= 11 is 0. The van der Waals surface area contributed by atoms with Crippen LogP contribution in [0.25, 0.3) is 11.3 Å². The van der Waals surface area contributed by atoms with Gasteiger partial charge in [0.25, 0.3) is 0 Å². The second-order valence-electron chi connectivity index (χ2n) is 3.04. The largest absolute Gasteiger partial charge is 0.480 e. The molecule has 0 saturated carbocycles. The molecule has 1 N–H and O–H groups in total. The van der Waals surface area contributed by atoms with Crippen LogP contribution in [0.4, 0.5) is 0 Å². The molecule has 15 heavy (non-hydrogen) atoms. The molecule has 0 radical (unpaired) electrons. The minimum atomic E-state index is -0.891. The zero-order valence-electron chi connectivity index (χ0n) is 7.87. The zero-order valence-corrected chi connectivity index (χ0v) is 7.87. The van der Waals surface area contributed by atoms with E-state index in [4.69, 9.17) is 5.11 Å². The molecule has 0 saturated heterocycles. The summed E-state index contributed by atoms with van der Waals surface area (Å²) in [5.74, 6) is -0.891. The number of pyridine rings is 1. The van der Waals surface area contributed by atoms with Crippen molar-refractivity contribution >= 4 is 5.97 Å². The molecule has 0 atom stereocenters. The van der Waals surface area contributed by atoms with Gasteiger partial charge < -0.3 is 9.67 Å². The molecule has 0 unspecified atom stereocenters. The maximum Gasteiger partial charge on any atom is 0.323 e. The van der Waals surface area contributed by atoms with Crippen LogP contribution in [-0.2, 0) is 11.3 Å². The molecule has 2 aromatic rings. The van der Waals surface area contributed by atoms with E-state index in [1.165, 1.54) is 6.33 Å². The zero-order chi connectivity index (χ0) is 10.7. The van der Waals surface area contributed by atoms with Crippen molar-refractivity contribution < 1.29 is 9.90 Å². The van der Waals surface area contributed by atoms with E-state index in [1.54, 1.807) is 29.2 Å². The molecule has 0 aliphatic carbocycles.